The van der Waals surface area contributed by atoms with Gasteiger partial charge in [-0.2, -0.15) is 10.2 Å². The minimum absolute atomic E-state index is 0.0557. The van der Waals surface area contributed by atoms with Crippen LogP contribution in [0.1, 0.15) is 12.8 Å². The maximum absolute atomic E-state index is 10.9. The van der Waals surface area contributed by atoms with E-state index in [0.717, 1.165) is 0 Å². The molecule has 0 unspecified atom stereocenters. The summed E-state index contributed by atoms with van der Waals surface area (Å²) in [6.45, 7) is 0. The number of anilines is 2. The lowest BCUT2D eigenvalue weighted by Gasteiger charge is -2.01. The third kappa shape index (κ3) is 5.37. The number of nitro benzene ring substituents is 2. The van der Waals surface area contributed by atoms with E-state index < -0.39 is 9.85 Å². The van der Waals surface area contributed by atoms with Gasteiger partial charge in [0.25, 0.3) is 11.4 Å². The maximum Gasteiger partial charge on any atom is 0.294 e. The van der Waals surface area contributed by atoms with Crippen molar-refractivity contribution in [1.29, 1.82) is 0 Å². The van der Waals surface area contributed by atoms with Crippen molar-refractivity contribution in [2.45, 2.75) is 12.8 Å². The molecular formula is C16H16N6O4. The average Bonchev–Trinajstić information content (AvgIpc) is 2.64. The summed E-state index contributed by atoms with van der Waals surface area (Å²) < 4.78 is 0. The van der Waals surface area contributed by atoms with Gasteiger partial charge in [0.15, 0.2) is 0 Å². The zero-order chi connectivity index (χ0) is 18.8. The highest BCUT2D eigenvalue weighted by atomic mass is 16.6. The van der Waals surface area contributed by atoms with E-state index in [9.17, 15) is 20.2 Å². The van der Waals surface area contributed by atoms with E-state index >= 15 is 0 Å². The Bertz CT molecular complexity index is 767. The molecule has 2 aromatic carbocycles. The van der Waals surface area contributed by atoms with Crippen molar-refractivity contribution in [1.82, 2.24) is 0 Å². The van der Waals surface area contributed by atoms with Crippen molar-refractivity contribution in [2.75, 3.05) is 10.9 Å². The van der Waals surface area contributed by atoms with Gasteiger partial charge in [-0.25, -0.2) is 0 Å². The Morgan fingerprint density at radius 3 is 1.54 bits per heavy atom. The highest BCUT2D eigenvalue weighted by molar-refractivity contribution is 5.69. The first-order valence-corrected chi connectivity index (χ1v) is 7.61. The van der Waals surface area contributed by atoms with Crippen LogP contribution < -0.4 is 10.9 Å². The fourth-order valence-electron chi connectivity index (χ4n) is 1.96. The van der Waals surface area contributed by atoms with Gasteiger partial charge in [-0.3, -0.25) is 31.1 Å². The monoisotopic (exact) mass is 356 g/mol. The smallest absolute Gasteiger partial charge is 0.272 e. The number of hydrazone groups is 2. The van der Waals surface area contributed by atoms with Gasteiger partial charge < -0.3 is 0 Å². The standard InChI is InChI=1S/C16H16N6O4/c23-21(24)15-9-3-1-7-13(15)19-17-11-5-6-12-18-20-14-8-2-4-10-16(14)22(25)26/h1-4,7-12,19-20H,5-6H2/b17-11-,18-12-. The minimum Gasteiger partial charge on any atom is -0.272 e. The van der Waals surface area contributed by atoms with Gasteiger partial charge in [0, 0.05) is 24.6 Å². The summed E-state index contributed by atoms with van der Waals surface area (Å²) in [6.07, 6.45) is 4.20. The van der Waals surface area contributed by atoms with Gasteiger partial charge in [0.2, 0.25) is 0 Å². The van der Waals surface area contributed by atoms with E-state index in [2.05, 4.69) is 21.1 Å². The van der Waals surface area contributed by atoms with Gasteiger partial charge in [-0.15, -0.1) is 0 Å². The molecule has 0 aliphatic heterocycles. The number of hydrogen-bond acceptors (Lipinski definition) is 8. The van der Waals surface area contributed by atoms with Crippen LogP contribution in [-0.4, -0.2) is 22.3 Å². The summed E-state index contributed by atoms with van der Waals surface area (Å²) in [5, 5.41) is 29.6. The number of unbranched alkanes of at least 4 members (excludes halogenated alkanes) is 1. The normalized spacial score (nSPS) is 10.9. The van der Waals surface area contributed by atoms with E-state index in [4.69, 9.17) is 0 Å². The molecule has 2 aromatic rings. The highest BCUT2D eigenvalue weighted by Gasteiger charge is 2.11. The summed E-state index contributed by atoms with van der Waals surface area (Å²) >= 11 is 0. The number of nitro groups is 2. The lowest BCUT2D eigenvalue weighted by atomic mass is 10.3. The van der Waals surface area contributed by atoms with Crippen molar-refractivity contribution in [3.63, 3.8) is 0 Å². The summed E-state index contributed by atoms with van der Waals surface area (Å²) in [4.78, 5) is 20.7. The number of rotatable bonds is 9. The summed E-state index contributed by atoms with van der Waals surface area (Å²) in [6, 6.07) is 12.4. The molecule has 26 heavy (non-hydrogen) atoms. The third-order valence-corrected chi connectivity index (χ3v) is 3.18. The molecule has 2 N–H and O–H groups in total. The topological polar surface area (TPSA) is 135 Å². The molecule has 134 valence electrons. The predicted molar refractivity (Wildman–Crippen MR) is 99.7 cm³/mol. The van der Waals surface area contributed by atoms with Crippen LogP contribution in [-0.2, 0) is 0 Å². The van der Waals surface area contributed by atoms with Gasteiger partial charge in [-0.1, -0.05) is 24.3 Å². The maximum atomic E-state index is 10.9. The molecule has 0 aliphatic carbocycles. The van der Waals surface area contributed by atoms with Crippen LogP contribution in [0.3, 0.4) is 0 Å². The summed E-state index contributed by atoms with van der Waals surface area (Å²) in [5.74, 6) is 0. The van der Waals surface area contributed by atoms with Gasteiger partial charge in [-0.05, 0) is 25.0 Å². The molecule has 0 aliphatic rings. The zero-order valence-electron chi connectivity index (χ0n) is 13.6. The molecule has 0 atom stereocenters. The molecule has 0 aromatic heterocycles. The van der Waals surface area contributed by atoms with Crippen molar-refractivity contribution in [3.8, 4) is 0 Å². The lowest BCUT2D eigenvalue weighted by Crippen LogP contribution is -1.97. The van der Waals surface area contributed by atoms with E-state index in [1.54, 1.807) is 48.8 Å². The van der Waals surface area contributed by atoms with Crippen LogP contribution in [0.15, 0.2) is 58.7 Å². The number of hydrogen-bond donors (Lipinski definition) is 2. The van der Waals surface area contributed by atoms with E-state index in [-0.39, 0.29) is 11.4 Å². The SMILES string of the molecule is O=[N+]([O-])c1ccccc1N/N=C\CC/C=N\Nc1ccccc1[N+](=O)[O-]. The zero-order valence-corrected chi connectivity index (χ0v) is 13.6. The van der Waals surface area contributed by atoms with Crippen molar-refractivity contribution in [2.24, 2.45) is 10.2 Å². The molecule has 10 nitrogen and oxygen atoms in total. The van der Waals surface area contributed by atoms with Gasteiger partial charge in [0.1, 0.15) is 11.4 Å². The fourth-order valence-corrected chi connectivity index (χ4v) is 1.96. The molecule has 0 saturated carbocycles. The van der Waals surface area contributed by atoms with Crippen molar-refractivity contribution < 1.29 is 9.85 Å². The molecule has 0 heterocycles. The second-order valence-electron chi connectivity index (χ2n) is 4.97. The van der Waals surface area contributed by atoms with E-state index in [1.165, 1.54) is 12.1 Å². The Hall–Kier alpha value is -3.82. The first kappa shape index (κ1) is 18.5. The Balaban J connectivity index is 1.77. The Kier molecular flexibility index (Phi) is 6.74. The van der Waals surface area contributed by atoms with Crippen LogP contribution >= 0.6 is 0 Å². The first-order chi connectivity index (χ1) is 12.6. The first-order valence-electron chi connectivity index (χ1n) is 7.61. The van der Waals surface area contributed by atoms with Crippen LogP contribution in [0.2, 0.25) is 0 Å². The van der Waals surface area contributed by atoms with Gasteiger partial charge in [0.05, 0.1) is 9.85 Å². The minimum atomic E-state index is -0.487. The molecule has 0 bridgehead atoms. The Labute approximate surface area is 148 Å². The molecule has 0 amide bonds. The molecule has 10 heteroatoms. The van der Waals surface area contributed by atoms with Crippen LogP contribution in [0.25, 0.3) is 0 Å². The number of nitrogens with zero attached hydrogens (tertiary/aromatic N) is 4. The second kappa shape index (κ2) is 9.47. The molecule has 0 fully saturated rings. The lowest BCUT2D eigenvalue weighted by molar-refractivity contribution is -0.384. The molecule has 0 saturated heterocycles. The summed E-state index contributed by atoms with van der Waals surface area (Å²) in [7, 11) is 0. The van der Waals surface area contributed by atoms with E-state index in [1.807, 2.05) is 0 Å². The van der Waals surface area contributed by atoms with Crippen LogP contribution in [0, 0.1) is 20.2 Å². The molecule has 0 radical (unpaired) electrons. The fraction of sp³-hybridized carbons (Fsp3) is 0.125. The Morgan fingerprint density at radius 2 is 1.15 bits per heavy atom. The molecule has 0 spiro atoms. The van der Waals surface area contributed by atoms with Gasteiger partial charge >= 0.3 is 0 Å². The number of nitrogens with one attached hydrogen (secondary N) is 2. The van der Waals surface area contributed by atoms with Crippen LogP contribution in [0.5, 0.6) is 0 Å². The average molecular weight is 356 g/mol. The summed E-state index contributed by atoms with van der Waals surface area (Å²) in [5.41, 5.74) is 5.75. The largest absolute Gasteiger partial charge is 0.294 e. The van der Waals surface area contributed by atoms with Crippen molar-refractivity contribution in [3.05, 3.63) is 68.8 Å². The third-order valence-electron chi connectivity index (χ3n) is 3.18. The number of benzene rings is 2. The predicted octanol–water partition coefficient (Wildman–Crippen LogP) is 3.78. The molecular weight excluding hydrogens is 340 g/mol. The number of para-hydroxylation sites is 4. The van der Waals surface area contributed by atoms with Crippen LogP contribution in [0.4, 0.5) is 22.7 Å². The Morgan fingerprint density at radius 1 is 0.769 bits per heavy atom. The quantitative estimate of drug-likeness (QED) is 0.304. The highest BCUT2D eigenvalue weighted by Crippen LogP contribution is 2.23. The van der Waals surface area contributed by atoms with Crippen molar-refractivity contribution >= 4 is 35.2 Å². The van der Waals surface area contributed by atoms with E-state index in [0.29, 0.717) is 24.2 Å². The second-order valence-corrected chi connectivity index (χ2v) is 4.97. The molecule has 2 rings (SSSR count).